The second kappa shape index (κ2) is 16.3. The Morgan fingerprint density at radius 1 is 0.793 bits per heavy atom. The molecule has 2 aliphatic rings. The highest BCUT2D eigenvalue weighted by Gasteiger charge is 2.38. The molecule has 4 atom stereocenters. The van der Waals surface area contributed by atoms with Gasteiger partial charge in [-0.1, -0.05) is 32.0 Å². The highest BCUT2D eigenvalue weighted by atomic mass is 16.6. The second-order valence-corrected chi connectivity index (χ2v) is 16.2. The van der Waals surface area contributed by atoms with Crippen molar-refractivity contribution in [2.24, 2.45) is 5.92 Å². The lowest BCUT2D eigenvalue weighted by molar-refractivity contribution is -0.135. The van der Waals surface area contributed by atoms with E-state index in [1.54, 1.807) is 49.9 Å². The van der Waals surface area contributed by atoms with E-state index in [1.165, 1.54) is 7.11 Å². The van der Waals surface area contributed by atoms with E-state index in [0.717, 1.165) is 53.8 Å². The molecule has 4 amide bonds. The number of hydrogen-bond donors (Lipinski definition) is 4. The van der Waals surface area contributed by atoms with E-state index >= 15 is 0 Å². The summed E-state index contributed by atoms with van der Waals surface area (Å²) in [5, 5.41) is 5.34. The minimum absolute atomic E-state index is 0.123. The number of aromatic nitrogens is 5. The van der Waals surface area contributed by atoms with Gasteiger partial charge in [-0.25, -0.2) is 24.5 Å². The number of hydrogen-bond acceptors (Lipinski definition) is 10. The standard InChI is InChI=1S/C42H51N9O7/c1-23(2)34(49-40(54)56-7)39(53)51-19-9-11-32(51)36-44-22-30(47-36)27-16-17-28-33(20-27)57-37(48-28)26-14-12-25(13-15-26)29-21-43-35(46-29)31-10-8-18-50(31)38(52)24(3)45-41(55)58-42(4,5)6/h12-17,20-24,31-32,34H,8-11,18-19H2,1-7H3,(H,43,46)(H,44,47)(H,45,55)(H,49,54)/t24-,31+,32+,34+/m1/s1. The maximum atomic E-state index is 13.6. The molecule has 306 valence electrons. The number of aromatic amines is 2. The monoisotopic (exact) mass is 793 g/mol. The van der Waals surface area contributed by atoms with Crippen LogP contribution in [0.1, 0.15) is 91.0 Å². The number of H-pyrrole nitrogens is 2. The lowest BCUT2D eigenvalue weighted by atomic mass is 10.0. The van der Waals surface area contributed by atoms with E-state index in [9.17, 15) is 19.2 Å². The number of benzene rings is 2. The average Bonchev–Trinajstić information content (AvgIpc) is 4.04. The molecule has 58 heavy (non-hydrogen) atoms. The fourth-order valence-electron chi connectivity index (χ4n) is 7.62. The predicted octanol–water partition coefficient (Wildman–Crippen LogP) is 6.90. The normalized spacial score (nSPS) is 18.1. The molecule has 16 nitrogen and oxygen atoms in total. The number of oxazole rings is 1. The molecule has 7 rings (SSSR count). The van der Waals surface area contributed by atoms with Gasteiger partial charge in [-0.15, -0.1) is 0 Å². The van der Waals surface area contributed by atoms with Crippen LogP contribution in [0, 0.1) is 5.92 Å². The van der Waals surface area contributed by atoms with Crippen LogP contribution in [0.25, 0.3) is 45.1 Å². The van der Waals surface area contributed by atoms with Crippen molar-refractivity contribution in [1.82, 2.24) is 45.4 Å². The molecule has 0 bridgehead atoms. The van der Waals surface area contributed by atoms with E-state index in [-0.39, 0.29) is 29.8 Å². The molecule has 0 radical (unpaired) electrons. The molecular weight excluding hydrogens is 743 g/mol. The number of carbonyl (C=O) groups excluding carboxylic acids is 4. The summed E-state index contributed by atoms with van der Waals surface area (Å²) in [6.45, 7) is 11.9. The first kappa shape index (κ1) is 40.0. The topological polar surface area (TPSA) is 201 Å². The van der Waals surface area contributed by atoms with E-state index in [1.807, 2.05) is 56.3 Å². The van der Waals surface area contributed by atoms with Crippen molar-refractivity contribution in [3.8, 4) is 34.0 Å². The van der Waals surface area contributed by atoms with Crippen LogP contribution in [-0.2, 0) is 19.1 Å². The van der Waals surface area contributed by atoms with E-state index in [0.29, 0.717) is 41.7 Å². The van der Waals surface area contributed by atoms with E-state index in [2.05, 4.69) is 30.6 Å². The summed E-state index contributed by atoms with van der Waals surface area (Å²) < 4.78 is 16.3. The Morgan fingerprint density at radius 3 is 1.95 bits per heavy atom. The second-order valence-electron chi connectivity index (χ2n) is 16.2. The van der Waals surface area contributed by atoms with Gasteiger partial charge in [0.25, 0.3) is 0 Å². The van der Waals surface area contributed by atoms with Crippen LogP contribution in [0.15, 0.2) is 59.3 Å². The minimum Gasteiger partial charge on any atom is -0.453 e. The van der Waals surface area contributed by atoms with Crippen molar-refractivity contribution in [1.29, 1.82) is 0 Å². The molecule has 0 aliphatic carbocycles. The number of likely N-dealkylation sites (tertiary alicyclic amines) is 2. The van der Waals surface area contributed by atoms with E-state index < -0.39 is 29.9 Å². The Kier molecular flexibility index (Phi) is 11.3. The molecule has 5 heterocycles. The highest BCUT2D eigenvalue weighted by Crippen LogP contribution is 2.35. The quantitative estimate of drug-likeness (QED) is 0.115. The summed E-state index contributed by atoms with van der Waals surface area (Å²) in [6.07, 6.45) is 5.42. The van der Waals surface area contributed by atoms with Crippen molar-refractivity contribution in [3.05, 3.63) is 66.5 Å². The first-order valence-electron chi connectivity index (χ1n) is 19.8. The molecule has 3 aromatic heterocycles. The van der Waals surface area contributed by atoms with Crippen molar-refractivity contribution in [3.63, 3.8) is 0 Å². The average molecular weight is 794 g/mol. The molecule has 5 aromatic rings. The van der Waals surface area contributed by atoms with Crippen molar-refractivity contribution >= 4 is 35.1 Å². The Labute approximate surface area is 336 Å². The zero-order valence-electron chi connectivity index (χ0n) is 33.9. The number of imidazole rings is 2. The fourth-order valence-corrected chi connectivity index (χ4v) is 7.62. The number of ether oxygens (including phenoxy) is 2. The van der Waals surface area contributed by atoms with Crippen molar-refractivity contribution < 1.29 is 33.1 Å². The van der Waals surface area contributed by atoms with Gasteiger partial charge in [-0.3, -0.25) is 9.59 Å². The van der Waals surface area contributed by atoms with Crippen LogP contribution < -0.4 is 10.6 Å². The molecule has 0 saturated carbocycles. The van der Waals surface area contributed by atoms with Crippen LogP contribution >= 0.6 is 0 Å². The summed E-state index contributed by atoms with van der Waals surface area (Å²) >= 11 is 0. The molecule has 2 fully saturated rings. The zero-order chi connectivity index (χ0) is 41.3. The van der Waals surface area contributed by atoms with Gasteiger partial charge in [0.05, 0.1) is 43.0 Å². The van der Waals surface area contributed by atoms with Crippen molar-refractivity contribution in [2.45, 2.75) is 97.0 Å². The van der Waals surface area contributed by atoms with Crippen LogP contribution in [0.5, 0.6) is 0 Å². The van der Waals surface area contributed by atoms with Gasteiger partial charge in [0.15, 0.2) is 5.58 Å². The number of fused-ring (bicyclic) bond motifs is 1. The van der Waals surface area contributed by atoms with Gasteiger partial charge in [-0.2, -0.15) is 0 Å². The number of nitrogens with zero attached hydrogens (tertiary/aromatic N) is 5. The lowest BCUT2D eigenvalue weighted by Crippen LogP contribution is -2.51. The third-order valence-electron chi connectivity index (χ3n) is 10.5. The van der Waals surface area contributed by atoms with E-state index in [4.69, 9.17) is 18.9 Å². The van der Waals surface area contributed by atoms with Crippen LogP contribution in [0.3, 0.4) is 0 Å². The molecule has 0 spiro atoms. The highest BCUT2D eigenvalue weighted by molar-refractivity contribution is 5.87. The maximum Gasteiger partial charge on any atom is 0.408 e. The molecule has 16 heteroatoms. The Bertz CT molecular complexity index is 2290. The third kappa shape index (κ3) is 8.55. The molecule has 2 aromatic carbocycles. The smallest absolute Gasteiger partial charge is 0.408 e. The summed E-state index contributed by atoms with van der Waals surface area (Å²) in [6, 6.07) is 11.7. The number of carbonyl (C=O) groups is 4. The minimum atomic E-state index is -0.747. The van der Waals surface area contributed by atoms with Crippen LogP contribution in [0.2, 0.25) is 0 Å². The molecule has 4 N–H and O–H groups in total. The number of amides is 4. The Hall–Kier alpha value is -6.19. The van der Waals surface area contributed by atoms with Crippen LogP contribution in [0.4, 0.5) is 9.59 Å². The van der Waals surface area contributed by atoms with Gasteiger partial charge in [0.1, 0.15) is 34.9 Å². The molecule has 2 saturated heterocycles. The summed E-state index contributed by atoms with van der Waals surface area (Å²) in [4.78, 5) is 75.6. The summed E-state index contributed by atoms with van der Waals surface area (Å²) in [5.41, 5.74) is 4.82. The number of nitrogens with one attached hydrogen (secondary N) is 4. The van der Waals surface area contributed by atoms with Gasteiger partial charge >= 0.3 is 12.2 Å². The summed E-state index contributed by atoms with van der Waals surface area (Å²) in [7, 11) is 1.28. The molecule has 2 aliphatic heterocycles. The number of alkyl carbamates (subject to hydrolysis) is 2. The fraction of sp³-hybridized carbons (Fsp3) is 0.452. The van der Waals surface area contributed by atoms with Gasteiger partial charge in [0, 0.05) is 24.2 Å². The SMILES string of the molecule is COC(=O)N[C@H](C(=O)N1CCC[C@H]1c1ncc(-c2ccc3nc(-c4ccc(-c5cnc([C@@H]6CCCN6C(=O)[C@@H](C)NC(=O)OC(C)(C)C)[nH]5)cc4)oc3c2)[nH]1)C(C)C. The first-order chi connectivity index (χ1) is 27.7. The van der Waals surface area contributed by atoms with Gasteiger partial charge in [0.2, 0.25) is 17.7 Å². The maximum absolute atomic E-state index is 13.6. The van der Waals surface area contributed by atoms with Crippen LogP contribution in [-0.4, -0.2) is 96.6 Å². The largest absolute Gasteiger partial charge is 0.453 e. The lowest BCUT2D eigenvalue weighted by Gasteiger charge is -2.30. The predicted molar refractivity (Wildman–Crippen MR) is 215 cm³/mol. The number of rotatable bonds is 10. The molecule has 0 unspecified atom stereocenters. The van der Waals surface area contributed by atoms with Crippen molar-refractivity contribution in [2.75, 3.05) is 20.2 Å². The first-order valence-corrected chi connectivity index (χ1v) is 19.8. The summed E-state index contributed by atoms with van der Waals surface area (Å²) in [5.74, 6) is 1.37. The number of methoxy groups -OCH3 is 1. The zero-order valence-corrected chi connectivity index (χ0v) is 33.9. The Morgan fingerprint density at radius 2 is 1.36 bits per heavy atom. The third-order valence-corrected chi connectivity index (χ3v) is 10.5. The van der Waals surface area contributed by atoms with Gasteiger partial charge in [-0.05, 0) is 89.1 Å². The van der Waals surface area contributed by atoms with Gasteiger partial charge < -0.3 is 44.3 Å². The Balaban J connectivity index is 1.01. The molecular formula is C42H51N9O7.